The van der Waals surface area contributed by atoms with Crippen LogP contribution < -0.4 is 0 Å². The van der Waals surface area contributed by atoms with E-state index in [1.165, 1.54) is 38.5 Å². The summed E-state index contributed by atoms with van der Waals surface area (Å²) in [7, 11) is 0. The minimum atomic E-state index is 0.499. The van der Waals surface area contributed by atoms with Gasteiger partial charge >= 0.3 is 0 Å². The molecule has 3 unspecified atom stereocenters. The SMILES string of the molecule is O=C(CC1CC2CCC1C2)C1CC1. The van der Waals surface area contributed by atoms with Crippen LogP contribution >= 0.6 is 0 Å². The molecular weight excluding hydrogens is 160 g/mol. The normalized spacial score (nSPS) is 42.6. The standard InChI is InChI=1S/C12H18O/c13-12(9-3-4-9)7-11-6-8-1-2-10(11)5-8/h8-11H,1-7H2. The van der Waals surface area contributed by atoms with Crippen LogP contribution in [0, 0.1) is 23.7 Å². The summed E-state index contributed by atoms with van der Waals surface area (Å²) in [5.74, 6) is 3.83. The molecule has 0 spiro atoms. The first kappa shape index (κ1) is 8.02. The van der Waals surface area contributed by atoms with E-state index in [4.69, 9.17) is 0 Å². The van der Waals surface area contributed by atoms with Gasteiger partial charge in [-0.25, -0.2) is 0 Å². The highest BCUT2D eigenvalue weighted by Gasteiger charge is 2.41. The number of ketones is 1. The maximum Gasteiger partial charge on any atom is 0.136 e. The minimum Gasteiger partial charge on any atom is -0.299 e. The molecule has 0 amide bonds. The molecule has 0 aliphatic heterocycles. The molecule has 0 radical (unpaired) electrons. The topological polar surface area (TPSA) is 17.1 Å². The zero-order chi connectivity index (χ0) is 8.84. The van der Waals surface area contributed by atoms with E-state index in [2.05, 4.69) is 0 Å². The summed E-state index contributed by atoms with van der Waals surface area (Å²) in [5, 5.41) is 0. The molecule has 0 aromatic heterocycles. The van der Waals surface area contributed by atoms with Crippen molar-refractivity contribution in [2.75, 3.05) is 0 Å². The maximum atomic E-state index is 11.6. The largest absolute Gasteiger partial charge is 0.299 e. The number of hydrogen-bond acceptors (Lipinski definition) is 1. The van der Waals surface area contributed by atoms with Crippen LogP contribution in [0.15, 0.2) is 0 Å². The van der Waals surface area contributed by atoms with Crippen molar-refractivity contribution in [1.82, 2.24) is 0 Å². The van der Waals surface area contributed by atoms with Gasteiger partial charge in [-0.1, -0.05) is 6.42 Å². The second-order valence-corrected chi connectivity index (χ2v) is 5.38. The number of carbonyl (C=O) groups excluding carboxylic acids is 1. The Hall–Kier alpha value is -0.330. The Bertz CT molecular complexity index is 229. The molecule has 3 fully saturated rings. The van der Waals surface area contributed by atoms with Crippen LogP contribution in [0.25, 0.3) is 0 Å². The summed E-state index contributed by atoms with van der Waals surface area (Å²) < 4.78 is 0. The lowest BCUT2D eigenvalue weighted by atomic mass is 9.84. The van der Waals surface area contributed by atoms with Crippen molar-refractivity contribution in [3.8, 4) is 0 Å². The minimum absolute atomic E-state index is 0.499. The first-order valence-corrected chi connectivity index (χ1v) is 5.85. The Kier molecular flexibility index (Phi) is 1.75. The third-order valence-corrected chi connectivity index (χ3v) is 4.38. The summed E-state index contributed by atoms with van der Waals surface area (Å²) in [5.41, 5.74) is 0. The highest BCUT2D eigenvalue weighted by Crippen LogP contribution is 2.50. The fourth-order valence-corrected chi connectivity index (χ4v) is 3.46. The van der Waals surface area contributed by atoms with Gasteiger partial charge in [0.1, 0.15) is 5.78 Å². The smallest absolute Gasteiger partial charge is 0.136 e. The van der Waals surface area contributed by atoms with Crippen LogP contribution in [0.2, 0.25) is 0 Å². The molecule has 2 bridgehead atoms. The van der Waals surface area contributed by atoms with E-state index >= 15 is 0 Å². The van der Waals surface area contributed by atoms with Gasteiger partial charge in [-0.05, 0) is 49.9 Å². The van der Waals surface area contributed by atoms with Gasteiger partial charge in [0.15, 0.2) is 0 Å². The Morgan fingerprint density at radius 1 is 1.08 bits per heavy atom. The average Bonchev–Trinajstić information content (AvgIpc) is 2.79. The molecule has 1 nitrogen and oxygen atoms in total. The molecule has 0 aromatic rings. The lowest BCUT2D eigenvalue weighted by molar-refractivity contribution is -0.121. The summed E-state index contributed by atoms with van der Waals surface area (Å²) in [6, 6.07) is 0. The van der Waals surface area contributed by atoms with Crippen LogP contribution in [-0.4, -0.2) is 5.78 Å². The summed E-state index contributed by atoms with van der Waals surface area (Å²) in [6.07, 6.45) is 9.03. The zero-order valence-electron chi connectivity index (χ0n) is 8.17. The van der Waals surface area contributed by atoms with Crippen LogP contribution in [-0.2, 0) is 4.79 Å². The van der Waals surface area contributed by atoms with Gasteiger partial charge in [0.05, 0.1) is 0 Å². The van der Waals surface area contributed by atoms with E-state index in [0.29, 0.717) is 11.7 Å². The Morgan fingerprint density at radius 2 is 1.92 bits per heavy atom. The number of Topliss-reactive ketones (excluding diaryl/α,β-unsaturated/α-hetero) is 1. The predicted molar refractivity (Wildman–Crippen MR) is 51.3 cm³/mol. The van der Waals surface area contributed by atoms with Gasteiger partial charge in [-0.3, -0.25) is 4.79 Å². The van der Waals surface area contributed by atoms with Crippen molar-refractivity contribution in [2.24, 2.45) is 23.7 Å². The van der Waals surface area contributed by atoms with Crippen LogP contribution in [0.1, 0.15) is 44.9 Å². The van der Waals surface area contributed by atoms with E-state index in [0.717, 1.165) is 24.2 Å². The first-order chi connectivity index (χ1) is 6.33. The monoisotopic (exact) mass is 178 g/mol. The summed E-state index contributed by atoms with van der Waals surface area (Å²) in [6.45, 7) is 0. The lowest BCUT2D eigenvalue weighted by Gasteiger charge is -2.20. The van der Waals surface area contributed by atoms with Crippen molar-refractivity contribution in [3.05, 3.63) is 0 Å². The Morgan fingerprint density at radius 3 is 2.46 bits per heavy atom. The molecule has 0 heterocycles. The molecule has 72 valence electrons. The molecular formula is C12H18O. The highest BCUT2D eigenvalue weighted by molar-refractivity contribution is 5.83. The molecule has 0 aromatic carbocycles. The van der Waals surface area contributed by atoms with Gasteiger partial charge in [0.2, 0.25) is 0 Å². The van der Waals surface area contributed by atoms with Gasteiger partial charge in [0.25, 0.3) is 0 Å². The molecule has 3 atom stereocenters. The lowest BCUT2D eigenvalue weighted by Crippen LogP contribution is -2.15. The second kappa shape index (κ2) is 2.83. The number of carbonyl (C=O) groups is 1. The van der Waals surface area contributed by atoms with E-state index < -0.39 is 0 Å². The van der Waals surface area contributed by atoms with Crippen molar-refractivity contribution in [2.45, 2.75) is 44.9 Å². The van der Waals surface area contributed by atoms with E-state index in [1.807, 2.05) is 0 Å². The second-order valence-electron chi connectivity index (χ2n) is 5.38. The number of hydrogen-bond donors (Lipinski definition) is 0. The van der Waals surface area contributed by atoms with Crippen molar-refractivity contribution < 1.29 is 4.79 Å². The van der Waals surface area contributed by atoms with E-state index in [1.54, 1.807) is 0 Å². The fourth-order valence-electron chi connectivity index (χ4n) is 3.46. The highest BCUT2D eigenvalue weighted by atomic mass is 16.1. The molecule has 0 N–H and O–H groups in total. The molecule has 1 heteroatoms. The van der Waals surface area contributed by atoms with E-state index in [-0.39, 0.29) is 0 Å². The van der Waals surface area contributed by atoms with Gasteiger partial charge < -0.3 is 0 Å². The van der Waals surface area contributed by atoms with E-state index in [9.17, 15) is 4.79 Å². The van der Waals surface area contributed by atoms with Crippen molar-refractivity contribution in [1.29, 1.82) is 0 Å². The average molecular weight is 178 g/mol. The number of fused-ring (bicyclic) bond motifs is 2. The summed E-state index contributed by atoms with van der Waals surface area (Å²) >= 11 is 0. The maximum absolute atomic E-state index is 11.6. The third-order valence-electron chi connectivity index (χ3n) is 4.38. The van der Waals surface area contributed by atoms with Crippen molar-refractivity contribution in [3.63, 3.8) is 0 Å². The molecule has 3 rings (SSSR count). The predicted octanol–water partition coefficient (Wildman–Crippen LogP) is 2.79. The Labute approximate surface area is 79.9 Å². The van der Waals surface area contributed by atoms with Crippen LogP contribution in [0.5, 0.6) is 0 Å². The Balaban J connectivity index is 1.58. The molecule has 0 saturated heterocycles. The van der Waals surface area contributed by atoms with Crippen molar-refractivity contribution >= 4 is 5.78 Å². The van der Waals surface area contributed by atoms with Gasteiger partial charge in [-0.15, -0.1) is 0 Å². The molecule has 3 saturated carbocycles. The first-order valence-electron chi connectivity index (χ1n) is 5.85. The van der Waals surface area contributed by atoms with Gasteiger partial charge in [-0.2, -0.15) is 0 Å². The van der Waals surface area contributed by atoms with Crippen LogP contribution in [0.3, 0.4) is 0 Å². The quantitative estimate of drug-likeness (QED) is 0.649. The molecule has 13 heavy (non-hydrogen) atoms. The molecule has 3 aliphatic rings. The van der Waals surface area contributed by atoms with Gasteiger partial charge in [0, 0.05) is 12.3 Å². The summed E-state index contributed by atoms with van der Waals surface area (Å²) in [4.78, 5) is 11.6. The van der Waals surface area contributed by atoms with Crippen LogP contribution in [0.4, 0.5) is 0 Å². The fraction of sp³-hybridized carbons (Fsp3) is 0.917. The zero-order valence-corrected chi connectivity index (χ0v) is 8.17. The third kappa shape index (κ3) is 1.43. The number of rotatable bonds is 3. The molecule has 3 aliphatic carbocycles.